The van der Waals surface area contributed by atoms with Gasteiger partial charge in [0.1, 0.15) is 5.82 Å². The highest BCUT2D eigenvalue weighted by Crippen LogP contribution is 2.40. The zero-order valence-electron chi connectivity index (χ0n) is 13.5. The van der Waals surface area contributed by atoms with Gasteiger partial charge in [-0.25, -0.2) is 4.39 Å². The Morgan fingerprint density at radius 2 is 2.14 bits per heavy atom. The third-order valence-electron chi connectivity index (χ3n) is 5.12. The lowest BCUT2D eigenvalue weighted by atomic mass is 9.70. The summed E-state index contributed by atoms with van der Waals surface area (Å²) < 4.78 is 13.9. The van der Waals surface area contributed by atoms with Crippen LogP contribution in [0, 0.1) is 17.2 Å². The predicted octanol–water partition coefficient (Wildman–Crippen LogP) is 4.01. The van der Waals surface area contributed by atoms with Crippen LogP contribution in [0.2, 0.25) is 0 Å². The van der Waals surface area contributed by atoms with E-state index in [0.29, 0.717) is 5.92 Å². The van der Waals surface area contributed by atoms with E-state index in [2.05, 4.69) is 11.8 Å². The van der Waals surface area contributed by atoms with Crippen LogP contribution in [0.25, 0.3) is 0 Å². The van der Waals surface area contributed by atoms with Crippen molar-refractivity contribution in [1.82, 2.24) is 4.90 Å². The lowest BCUT2D eigenvalue weighted by Gasteiger charge is -2.42. The fourth-order valence-corrected chi connectivity index (χ4v) is 3.82. The highest BCUT2D eigenvalue weighted by molar-refractivity contribution is 5.20. The second-order valence-electron chi connectivity index (χ2n) is 6.97. The van der Waals surface area contributed by atoms with Crippen molar-refractivity contribution in [2.24, 2.45) is 11.3 Å². The third-order valence-corrected chi connectivity index (χ3v) is 5.12. The van der Waals surface area contributed by atoms with Crippen LogP contribution >= 0.6 is 0 Å². The van der Waals surface area contributed by atoms with E-state index in [1.807, 2.05) is 26.1 Å². The molecule has 2 rings (SSSR count). The average Bonchev–Trinajstić information content (AvgIpc) is 2.47. The SMILES string of the molecule is CC1CCCC(CO)(CN(C)C(C)c2ccccc2F)C1. The molecule has 118 valence electrons. The van der Waals surface area contributed by atoms with Gasteiger partial charge in [-0.3, -0.25) is 4.90 Å². The van der Waals surface area contributed by atoms with Crippen LogP contribution < -0.4 is 0 Å². The van der Waals surface area contributed by atoms with Gasteiger partial charge in [-0.05, 0) is 38.8 Å². The van der Waals surface area contributed by atoms with Crippen molar-refractivity contribution in [1.29, 1.82) is 0 Å². The van der Waals surface area contributed by atoms with Crippen LogP contribution in [-0.4, -0.2) is 30.2 Å². The molecule has 3 atom stereocenters. The van der Waals surface area contributed by atoms with Gasteiger partial charge in [-0.2, -0.15) is 0 Å². The molecule has 0 saturated heterocycles. The van der Waals surface area contributed by atoms with Crippen LogP contribution in [-0.2, 0) is 0 Å². The Kier molecular flexibility index (Phi) is 5.39. The summed E-state index contributed by atoms with van der Waals surface area (Å²) in [6.45, 7) is 5.36. The minimum atomic E-state index is -0.146. The molecular weight excluding hydrogens is 265 g/mol. The van der Waals surface area contributed by atoms with Gasteiger partial charge < -0.3 is 5.11 Å². The van der Waals surface area contributed by atoms with Gasteiger partial charge in [0.15, 0.2) is 0 Å². The standard InChI is InChI=1S/C18H28FNO/c1-14-7-6-10-18(11-14,13-21)12-20(3)15(2)16-8-4-5-9-17(16)19/h4-5,8-9,14-15,21H,6-7,10-13H2,1-3H3. The molecule has 0 heterocycles. The molecule has 0 aromatic heterocycles. The number of halogens is 1. The summed E-state index contributed by atoms with van der Waals surface area (Å²) in [6, 6.07) is 7.00. The highest BCUT2D eigenvalue weighted by Gasteiger charge is 2.36. The monoisotopic (exact) mass is 293 g/mol. The normalized spacial score (nSPS) is 27.8. The molecule has 0 aliphatic heterocycles. The minimum Gasteiger partial charge on any atom is -0.396 e. The molecule has 21 heavy (non-hydrogen) atoms. The Balaban J connectivity index is 2.09. The fourth-order valence-electron chi connectivity index (χ4n) is 3.82. The van der Waals surface area contributed by atoms with Crippen molar-refractivity contribution in [3.8, 4) is 0 Å². The summed E-state index contributed by atoms with van der Waals surface area (Å²) in [5.74, 6) is 0.523. The zero-order valence-corrected chi connectivity index (χ0v) is 13.5. The summed E-state index contributed by atoms with van der Waals surface area (Å²) >= 11 is 0. The van der Waals surface area contributed by atoms with Crippen molar-refractivity contribution < 1.29 is 9.50 Å². The van der Waals surface area contributed by atoms with Gasteiger partial charge in [-0.15, -0.1) is 0 Å². The van der Waals surface area contributed by atoms with Gasteiger partial charge in [-0.1, -0.05) is 38.0 Å². The summed E-state index contributed by atoms with van der Waals surface area (Å²) in [4.78, 5) is 2.19. The highest BCUT2D eigenvalue weighted by atomic mass is 19.1. The van der Waals surface area contributed by atoms with E-state index < -0.39 is 0 Å². The lowest BCUT2D eigenvalue weighted by Crippen LogP contribution is -2.42. The first-order valence-corrected chi connectivity index (χ1v) is 8.03. The van der Waals surface area contributed by atoms with Crippen molar-refractivity contribution in [3.63, 3.8) is 0 Å². The Labute approximate surface area is 128 Å². The molecule has 0 bridgehead atoms. The van der Waals surface area contributed by atoms with E-state index in [9.17, 15) is 9.50 Å². The molecule has 3 unspecified atom stereocenters. The third kappa shape index (κ3) is 3.83. The van der Waals surface area contributed by atoms with Crippen LogP contribution in [0.1, 0.15) is 51.1 Å². The van der Waals surface area contributed by atoms with E-state index in [-0.39, 0.29) is 23.9 Å². The number of hydrogen-bond donors (Lipinski definition) is 1. The quantitative estimate of drug-likeness (QED) is 0.886. The van der Waals surface area contributed by atoms with Gasteiger partial charge in [0.2, 0.25) is 0 Å². The minimum absolute atomic E-state index is 0.0202. The molecule has 1 aromatic carbocycles. The first-order chi connectivity index (χ1) is 9.97. The molecule has 0 amide bonds. The van der Waals surface area contributed by atoms with E-state index in [0.717, 1.165) is 24.9 Å². The van der Waals surface area contributed by atoms with Crippen LogP contribution in [0.15, 0.2) is 24.3 Å². The Bertz CT molecular complexity index is 464. The molecule has 1 aliphatic rings. The topological polar surface area (TPSA) is 23.5 Å². The summed E-state index contributed by atoms with van der Waals surface area (Å²) in [5, 5.41) is 9.91. The van der Waals surface area contributed by atoms with E-state index in [1.54, 1.807) is 6.07 Å². The van der Waals surface area contributed by atoms with Crippen LogP contribution in [0.3, 0.4) is 0 Å². The number of rotatable bonds is 5. The van der Waals surface area contributed by atoms with Gasteiger partial charge in [0, 0.05) is 30.2 Å². The van der Waals surface area contributed by atoms with Crippen LogP contribution in [0.5, 0.6) is 0 Å². The Morgan fingerprint density at radius 1 is 1.43 bits per heavy atom. The molecule has 0 spiro atoms. The zero-order chi connectivity index (χ0) is 15.5. The summed E-state index contributed by atoms with van der Waals surface area (Å²) in [5.41, 5.74) is 0.711. The molecule has 2 nitrogen and oxygen atoms in total. The van der Waals surface area contributed by atoms with E-state index in [1.165, 1.54) is 18.9 Å². The largest absolute Gasteiger partial charge is 0.396 e. The predicted molar refractivity (Wildman–Crippen MR) is 84.6 cm³/mol. The van der Waals surface area contributed by atoms with Gasteiger partial charge in [0.25, 0.3) is 0 Å². The van der Waals surface area contributed by atoms with E-state index in [4.69, 9.17) is 0 Å². The number of benzene rings is 1. The maximum Gasteiger partial charge on any atom is 0.127 e. The van der Waals surface area contributed by atoms with Crippen molar-refractivity contribution in [2.45, 2.75) is 45.6 Å². The van der Waals surface area contributed by atoms with Crippen LogP contribution in [0.4, 0.5) is 4.39 Å². The van der Waals surface area contributed by atoms with Gasteiger partial charge >= 0.3 is 0 Å². The number of hydrogen-bond acceptors (Lipinski definition) is 2. The summed E-state index contributed by atoms with van der Waals surface area (Å²) in [6.07, 6.45) is 4.58. The number of aliphatic hydroxyl groups is 1. The molecule has 1 fully saturated rings. The van der Waals surface area contributed by atoms with Crippen molar-refractivity contribution in [2.75, 3.05) is 20.2 Å². The fraction of sp³-hybridized carbons (Fsp3) is 0.667. The maximum absolute atomic E-state index is 13.9. The molecule has 1 aliphatic carbocycles. The Morgan fingerprint density at radius 3 is 2.76 bits per heavy atom. The molecular formula is C18H28FNO. The second-order valence-corrected chi connectivity index (χ2v) is 6.97. The van der Waals surface area contributed by atoms with E-state index >= 15 is 0 Å². The molecule has 1 N–H and O–H groups in total. The van der Waals surface area contributed by atoms with Crippen molar-refractivity contribution >= 4 is 0 Å². The van der Waals surface area contributed by atoms with Crippen molar-refractivity contribution in [3.05, 3.63) is 35.6 Å². The first-order valence-electron chi connectivity index (χ1n) is 8.03. The average molecular weight is 293 g/mol. The Hall–Kier alpha value is -0.930. The lowest BCUT2D eigenvalue weighted by molar-refractivity contribution is 0.0210. The molecule has 0 radical (unpaired) electrons. The summed E-state index contributed by atoms with van der Waals surface area (Å²) in [7, 11) is 2.04. The van der Waals surface area contributed by atoms with Gasteiger partial charge in [0.05, 0.1) is 0 Å². The first kappa shape index (κ1) is 16.4. The number of aliphatic hydroxyl groups excluding tert-OH is 1. The molecule has 1 saturated carbocycles. The molecule has 3 heteroatoms. The maximum atomic E-state index is 13.9. The second kappa shape index (κ2) is 6.89. The number of nitrogens with zero attached hydrogens (tertiary/aromatic N) is 1. The molecule has 1 aromatic rings. The smallest absolute Gasteiger partial charge is 0.127 e.